The second kappa shape index (κ2) is 4.53. The highest BCUT2D eigenvalue weighted by Gasteiger charge is 2.09. The van der Waals surface area contributed by atoms with Gasteiger partial charge in [-0.2, -0.15) is 4.37 Å². The Hall–Kier alpha value is -0.680. The average Bonchev–Trinajstić information content (AvgIpc) is 2.52. The quantitative estimate of drug-likeness (QED) is 0.789. The first-order chi connectivity index (χ1) is 6.15. The van der Waals surface area contributed by atoms with Crippen LogP contribution in [0.15, 0.2) is 0 Å². The zero-order chi connectivity index (χ0) is 9.84. The van der Waals surface area contributed by atoms with Crippen molar-refractivity contribution in [2.24, 2.45) is 5.73 Å². The summed E-state index contributed by atoms with van der Waals surface area (Å²) < 4.78 is 4.27. The molecule has 0 atom stereocenters. The van der Waals surface area contributed by atoms with Gasteiger partial charge in [-0.1, -0.05) is 13.8 Å². The maximum Gasteiger partial charge on any atom is 0.204 e. The number of hydrogen-bond acceptors (Lipinski definition) is 5. The van der Waals surface area contributed by atoms with Gasteiger partial charge in [-0.15, -0.1) is 0 Å². The fourth-order valence-corrected chi connectivity index (χ4v) is 1.70. The summed E-state index contributed by atoms with van der Waals surface area (Å²) >= 11 is 1.44. The van der Waals surface area contributed by atoms with Crippen molar-refractivity contribution >= 4 is 16.7 Å². The number of nitrogens with two attached hydrogens (primary N) is 1. The summed E-state index contributed by atoms with van der Waals surface area (Å²) in [5, 5.41) is 0.953. The van der Waals surface area contributed by atoms with E-state index in [9.17, 15) is 0 Å². The second-order valence-corrected chi connectivity index (χ2v) is 4.03. The topological polar surface area (TPSA) is 55.0 Å². The van der Waals surface area contributed by atoms with Gasteiger partial charge < -0.3 is 10.6 Å². The second-order valence-electron chi connectivity index (χ2n) is 3.30. The Morgan fingerprint density at radius 1 is 1.54 bits per heavy atom. The summed E-state index contributed by atoms with van der Waals surface area (Å²) in [4.78, 5) is 6.44. The SMILES string of the molecule is CC(C)c1nsc(N(C)CCN)n1. The molecule has 0 bridgehead atoms. The van der Waals surface area contributed by atoms with Crippen molar-refractivity contribution in [3.8, 4) is 0 Å². The van der Waals surface area contributed by atoms with Crippen molar-refractivity contribution in [3.63, 3.8) is 0 Å². The summed E-state index contributed by atoms with van der Waals surface area (Å²) in [6.45, 7) is 5.66. The summed E-state index contributed by atoms with van der Waals surface area (Å²) in [5.74, 6) is 1.32. The molecule has 0 unspecified atom stereocenters. The third-order valence-electron chi connectivity index (χ3n) is 1.74. The Balaban J connectivity index is 2.67. The molecule has 74 valence electrons. The molecule has 0 aliphatic rings. The molecule has 4 nitrogen and oxygen atoms in total. The van der Waals surface area contributed by atoms with Crippen LogP contribution < -0.4 is 10.6 Å². The van der Waals surface area contributed by atoms with E-state index in [1.807, 2.05) is 11.9 Å². The highest BCUT2D eigenvalue weighted by Crippen LogP contribution is 2.19. The third kappa shape index (κ3) is 2.63. The van der Waals surface area contributed by atoms with Crippen molar-refractivity contribution in [1.29, 1.82) is 0 Å². The Morgan fingerprint density at radius 2 is 2.23 bits per heavy atom. The molecule has 0 radical (unpaired) electrons. The summed E-state index contributed by atoms with van der Waals surface area (Å²) in [6.07, 6.45) is 0. The van der Waals surface area contributed by atoms with E-state index in [0.29, 0.717) is 12.5 Å². The summed E-state index contributed by atoms with van der Waals surface area (Å²) in [5.41, 5.74) is 5.45. The molecule has 0 spiro atoms. The molecule has 0 amide bonds. The van der Waals surface area contributed by atoms with E-state index in [-0.39, 0.29) is 0 Å². The van der Waals surface area contributed by atoms with Crippen LogP contribution in [0.4, 0.5) is 5.13 Å². The molecular formula is C8H16N4S. The minimum Gasteiger partial charge on any atom is -0.349 e. The fraction of sp³-hybridized carbons (Fsp3) is 0.750. The molecule has 0 saturated heterocycles. The van der Waals surface area contributed by atoms with Crippen LogP contribution in [0.1, 0.15) is 25.6 Å². The molecule has 2 N–H and O–H groups in total. The van der Waals surface area contributed by atoms with E-state index in [4.69, 9.17) is 5.73 Å². The number of likely N-dealkylation sites (N-methyl/N-ethyl adjacent to an activating group) is 1. The van der Waals surface area contributed by atoms with Crippen LogP contribution in [-0.2, 0) is 0 Å². The maximum absolute atomic E-state index is 5.45. The van der Waals surface area contributed by atoms with Gasteiger partial charge >= 0.3 is 0 Å². The first-order valence-corrected chi connectivity index (χ1v) is 5.17. The fourth-order valence-electron chi connectivity index (χ4n) is 0.905. The lowest BCUT2D eigenvalue weighted by Gasteiger charge is -2.12. The standard InChI is InChI=1S/C8H16N4S/c1-6(2)7-10-8(13-11-7)12(3)5-4-9/h6H,4-5,9H2,1-3H3. The van der Waals surface area contributed by atoms with Gasteiger partial charge in [-0.05, 0) is 0 Å². The normalized spacial score (nSPS) is 10.8. The lowest BCUT2D eigenvalue weighted by Crippen LogP contribution is -2.24. The lowest BCUT2D eigenvalue weighted by molar-refractivity contribution is 0.791. The molecule has 1 aromatic heterocycles. The molecule has 0 aliphatic carbocycles. The Kier molecular flexibility index (Phi) is 3.62. The molecule has 1 heterocycles. The van der Waals surface area contributed by atoms with Crippen LogP contribution in [0.3, 0.4) is 0 Å². The van der Waals surface area contributed by atoms with Crippen molar-refractivity contribution in [2.75, 3.05) is 25.0 Å². The van der Waals surface area contributed by atoms with Gasteiger partial charge in [-0.3, -0.25) is 0 Å². The smallest absolute Gasteiger partial charge is 0.204 e. The number of anilines is 1. The van der Waals surface area contributed by atoms with Gasteiger partial charge in [-0.25, -0.2) is 4.98 Å². The third-order valence-corrected chi connectivity index (χ3v) is 2.58. The zero-order valence-electron chi connectivity index (χ0n) is 8.32. The molecule has 0 fully saturated rings. The van der Waals surface area contributed by atoms with Gasteiger partial charge in [0.1, 0.15) is 5.82 Å². The monoisotopic (exact) mass is 200 g/mol. The van der Waals surface area contributed by atoms with E-state index in [1.165, 1.54) is 11.5 Å². The van der Waals surface area contributed by atoms with Crippen molar-refractivity contribution in [3.05, 3.63) is 5.82 Å². The maximum atomic E-state index is 5.45. The highest BCUT2D eigenvalue weighted by molar-refractivity contribution is 7.09. The predicted octanol–water partition coefficient (Wildman–Crippen LogP) is 1.06. The molecule has 5 heteroatoms. The van der Waals surface area contributed by atoms with Gasteiger partial charge in [0.05, 0.1) is 0 Å². The van der Waals surface area contributed by atoms with Crippen molar-refractivity contribution in [2.45, 2.75) is 19.8 Å². The Bertz CT molecular complexity index is 258. The van der Waals surface area contributed by atoms with Gasteiger partial charge in [0.25, 0.3) is 0 Å². The van der Waals surface area contributed by atoms with E-state index in [1.54, 1.807) is 0 Å². The summed E-state index contributed by atoms with van der Waals surface area (Å²) in [6, 6.07) is 0. The molecule has 0 aromatic carbocycles. The first kappa shape index (κ1) is 10.4. The molecule has 13 heavy (non-hydrogen) atoms. The molecule has 0 saturated carbocycles. The van der Waals surface area contributed by atoms with Crippen LogP contribution >= 0.6 is 11.5 Å². The first-order valence-electron chi connectivity index (χ1n) is 4.40. The van der Waals surface area contributed by atoms with Crippen molar-refractivity contribution < 1.29 is 0 Å². The highest BCUT2D eigenvalue weighted by atomic mass is 32.1. The van der Waals surface area contributed by atoms with Crippen LogP contribution in [0, 0.1) is 0 Å². The molecule has 1 aromatic rings. The molecule has 0 aliphatic heterocycles. The number of rotatable bonds is 4. The van der Waals surface area contributed by atoms with Crippen LogP contribution in [0.2, 0.25) is 0 Å². The average molecular weight is 200 g/mol. The van der Waals surface area contributed by atoms with E-state index >= 15 is 0 Å². The molecule has 1 rings (SSSR count). The summed E-state index contributed by atoms with van der Waals surface area (Å²) in [7, 11) is 1.98. The number of hydrogen-bond donors (Lipinski definition) is 1. The van der Waals surface area contributed by atoms with Gasteiger partial charge in [0.15, 0.2) is 0 Å². The van der Waals surface area contributed by atoms with Gasteiger partial charge in [0, 0.05) is 37.6 Å². The van der Waals surface area contributed by atoms with Crippen LogP contribution in [0.5, 0.6) is 0 Å². The largest absolute Gasteiger partial charge is 0.349 e. The molecular weight excluding hydrogens is 184 g/mol. The number of aromatic nitrogens is 2. The van der Waals surface area contributed by atoms with Gasteiger partial charge in [0.2, 0.25) is 5.13 Å². The van der Waals surface area contributed by atoms with E-state index in [2.05, 4.69) is 23.2 Å². The minimum absolute atomic E-state index is 0.399. The zero-order valence-corrected chi connectivity index (χ0v) is 9.14. The Labute approximate surface area is 82.9 Å². The Morgan fingerprint density at radius 3 is 2.69 bits per heavy atom. The van der Waals surface area contributed by atoms with Crippen molar-refractivity contribution in [1.82, 2.24) is 9.36 Å². The lowest BCUT2D eigenvalue weighted by atomic mass is 10.2. The van der Waals surface area contributed by atoms with Crippen LogP contribution in [0.25, 0.3) is 0 Å². The van der Waals surface area contributed by atoms with E-state index in [0.717, 1.165) is 17.5 Å². The minimum atomic E-state index is 0.399. The van der Waals surface area contributed by atoms with Crippen LogP contribution in [-0.4, -0.2) is 29.5 Å². The predicted molar refractivity (Wildman–Crippen MR) is 56.3 cm³/mol. The van der Waals surface area contributed by atoms with E-state index < -0.39 is 0 Å². The number of nitrogens with zero attached hydrogens (tertiary/aromatic N) is 3.